The number of pyridine rings is 1. The van der Waals surface area contributed by atoms with Crippen molar-refractivity contribution >= 4 is 11.7 Å². The number of rotatable bonds is 5. The van der Waals surface area contributed by atoms with Crippen LogP contribution in [0.1, 0.15) is 56.9 Å². The van der Waals surface area contributed by atoms with Crippen molar-refractivity contribution in [3.63, 3.8) is 0 Å². The van der Waals surface area contributed by atoms with Gasteiger partial charge in [0.25, 0.3) is 0 Å². The Labute approximate surface area is 133 Å². The van der Waals surface area contributed by atoms with Crippen molar-refractivity contribution in [2.24, 2.45) is 0 Å². The maximum Gasteiger partial charge on any atom is 0.220 e. The summed E-state index contributed by atoms with van der Waals surface area (Å²) in [6, 6.07) is 4.60. The van der Waals surface area contributed by atoms with E-state index in [4.69, 9.17) is 0 Å². The highest BCUT2D eigenvalue weighted by molar-refractivity contribution is 5.76. The van der Waals surface area contributed by atoms with Crippen LogP contribution in [0.5, 0.6) is 0 Å². The monoisotopic (exact) mass is 301 g/mol. The first-order valence-corrected chi connectivity index (χ1v) is 8.80. The third kappa shape index (κ3) is 4.21. The molecule has 2 aliphatic rings. The smallest absolute Gasteiger partial charge is 0.220 e. The van der Waals surface area contributed by atoms with E-state index >= 15 is 0 Å². The van der Waals surface area contributed by atoms with Crippen LogP contribution in [0.4, 0.5) is 5.82 Å². The van der Waals surface area contributed by atoms with E-state index in [1.165, 1.54) is 37.7 Å². The van der Waals surface area contributed by atoms with Gasteiger partial charge in [-0.25, -0.2) is 4.98 Å². The molecule has 0 atom stereocenters. The van der Waals surface area contributed by atoms with E-state index in [9.17, 15) is 4.79 Å². The van der Waals surface area contributed by atoms with Gasteiger partial charge < -0.3 is 10.2 Å². The molecule has 0 radical (unpaired) electrons. The SMILES string of the molecule is O=C(CCc1ccnc(N2CCCC2)c1)NC1CCCCC1. The summed E-state index contributed by atoms with van der Waals surface area (Å²) in [5, 5.41) is 3.19. The topological polar surface area (TPSA) is 45.2 Å². The molecule has 1 N–H and O–H groups in total. The molecule has 0 aromatic carbocycles. The first kappa shape index (κ1) is 15.3. The number of nitrogens with zero attached hydrogens (tertiary/aromatic N) is 2. The molecular weight excluding hydrogens is 274 g/mol. The number of aromatic nitrogens is 1. The number of hydrogen-bond donors (Lipinski definition) is 1. The molecule has 1 aliphatic heterocycles. The fourth-order valence-corrected chi connectivity index (χ4v) is 3.54. The molecule has 1 aromatic heterocycles. The van der Waals surface area contributed by atoms with E-state index in [1.54, 1.807) is 0 Å². The number of anilines is 1. The van der Waals surface area contributed by atoms with Gasteiger partial charge in [0.15, 0.2) is 0 Å². The van der Waals surface area contributed by atoms with Gasteiger partial charge in [0, 0.05) is 31.7 Å². The molecular formula is C18H27N3O. The second-order valence-electron chi connectivity index (χ2n) is 6.62. The number of aryl methyl sites for hydroxylation is 1. The molecule has 1 aliphatic carbocycles. The van der Waals surface area contributed by atoms with Crippen LogP contribution < -0.4 is 10.2 Å². The van der Waals surface area contributed by atoms with Gasteiger partial charge in [0.05, 0.1) is 0 Å². The number of amides is 1. The maximum absolute atomic E-state index is 12.1. The van der Waals surface area contributed by atoms with Gasteiger partial charge in [-0.2, -0.15) is 0 Å². The van der Waals surface area contributed by atoms with Crippen LogP contribution in [0.15, 0.2) is 18.3 Å². The molecule has 0 unspecified atom stereocenters. The molecule has 1 aromatic rings. The summed E-state index contributed by atoms with van der Waals surface area (Å²) in [6.07, 6.45) is 11.9. The van der Waals surface area contributed by atoms with E-state index in [0.717, 1.165) is 38.2 Å². The maximum atomic E-state index is 12.1. The predicted molar refractivity (Wildman–Crippen MR) is 89.0 cm³/mol. The normalized spacial score (nSPS) is 19.4. The molecule has 22 heavy (non-hydrogen) atoms. The van der Waals surface area contributed by atoms with Crippen LogP contribution >= 0.6 is 0 Å². The van der Waals surface area contributed by atoms with Gasteiger partial charge in [-0.3, -0.25) is 4.79 Å². The molecule has 0 bridgehead atoms. The molecule has 1 amide bonds. The van der Waals surface area contributed by atoms with Crippen molar-refractivity contribution in [1.29, 1.82) is 0 Å². The Kier molecular flexibility index (Phi) is 5.30. The van der Waals surface area contributed by atoms with E-state index in [2.05, 4.69) is 21.3 Å². The number of hydrogen-bond acceptors (Lipinski definition) is 3. The zero-order valence-corrected chi connectivity index (χ0v) is 13.4. The van der Waals surface area contributed by atoms with Gasteiger partial charge in [-0.05, 0) is 49.8 Å². The lowest BCUT2D eigenvalue weighted by atomic mass is 9.95. The Morgan fingerprint density at radius 2 is 1.95 bits per heavy atom. The molecule has 2 fully saturated rings. The van der Waals surface area contributed by atoms with Crippen molar-refractivity contribution in [3.8, 4) is 0 Å². The Morgan fingerprint density at radius 1 is 1.18 bits per heavy atom. The van der Waals surface area contributed by atoms with Crippen LogP contribution in [-0.4, -0.2) is 30.0 Å². The van der Waals surface area contributed by atoms with Crippen LogP contribution in [0.25, 0.3) is 0 Å². The third-order valence-electron chi connectivity index (χ3n) is 4.85. The number of nitrogens with one attached hydrogen (secondary N) is 1. The van der Waals surface area contributed by atoms with Gasteiger partial charge in [0.2, 0.25) is 5.91 Å². The molecule has 3 rings (SSSR count). The molecule has 0 spiro atoms. The summed E-state index contributed by atoms with van der Waals surface area (Å²) in [5.74, 6) is 1.27. The van der Waals surface area contributed by atoms with Crippen LogP contribution in [0.3, 0.4) is 0 Å². The van der Waals surface area contributed by atoms with Crippen molar-refractivity contribution in [2.75, 3.05) is 18.0 Å². The standard InChI is InChI=1S/C18H27N3O/c22-18(20-16-6-2-1-3-7-16)9-8-15-10-11-19-17(14-15)21-12-4-5-13-21/h10-11,14,16H,1-9,12-13H2,(H,20,22). The second kappa shape index (κ2) is 7.61. The zero-order chi connectivity index (χ0) is 15.2. The molecule has 1 saturated carbocycles. The van der Waals surface area contributed by atoms with Gasteiger partial charge >= 0.3 is 0 Å². The molecule has 120 valence electrons. The minimum atomic E-state index is 0.200. The van der Waals surface area contributed by atoms with E-state index < -0.39 is 0 Å². The van der Waals surface area contributed by atoms with Crippen molar-refractivity contribution < 1.29 is 4.79 Å². The first-order chi connectivity index (χ1) is 10.8. The minimum Gasteiger partial charge on any atom is -0.357 e. The summed E-state index contributed by atoms with van der Waals surface area (Å²) >= 11 is 0. The average molecular weight is 301 g/mol. The van der Waals surface area contributed by atoms with E-state index in [-0.39, 0.29) is 5.91 Å². The Balaban J connectivity index is 1.48. The summed E-state index contributed by atoms with van der Waals surface area (Å²) in [7, 11) is 0. The predicted octanol–water partition coefficient (Wildman–Crippen LogP) is 3.06. The summed E-state index contributed by atoms with van der Waals surface area (Å²) in [4.78, 5) is 18.9. The average Bonchev–Trinajstić information content (AvgIpc) is 3.09. The highest BCUT2D eigenvalue weighted by atomic mass is 16.1. The second-order valence-corrected chi connectivity index (χ2v) is 6.62. The van der Waals surface area contributed by atoms with Crippen molar-refractivity contribution in [3.05, 3.63) is 23.9 Å². The van der Waals surface area contributed by atoms with Crippen LogP contribution in [-0.2, 0) is 11.2 Å². The van der Waals surface area contributed by atoms with Crippen LogP contribution in [0.2, 0.25) is 0 Å². The van der Waals surface area contributed by atoms with Crippen molar-refractivity contribution in [2.45, 2.75) is 63.8 Å². The molecule has 4 heteroatoms. The van der Waals surface area contributed by atoms with Crippen molar-refractivity contribution in [1.82, 2.24) is 10.3 Å². The first-order valence-electron chi connectivity index (χ1n) is 8.80. The summed E-state index contributed by atoms with van der Waals surface area (Å²) in [5.41, 5.74) is 1.22. The Bertz CT molecular complexity index is 491. The lowest BCUT2D eigenvalue weighted by Crippen LogP contribution is -2.36. The minimum absolute atomic E-state index is 0.200. The highest BCUT2D eigenvalue weighted by Gasteiger charge is 2.16. The fraction of sp³-hybridized carbons (Fsp3) is 0.667. The van der Waals surface area contributed by atoms with Gasteiger partial charge in [-0.1, -0.05) is 19.3 Å². The van der Waals surface area contributed by atoms with Gasteiger partial charge in [-0.15, -0.1) is 0 Å². The third-order valence-corrected chi connectivity index (χ3v) is 4.85. The number of carbonyl (C=O) groups is 1. The Morgan fingerprint density at radius 3 is 2.73 bits per heavy atom. The Hall–Kier alpha value is -1.58. The molecule has 2 heterocycles. The highest BCUT2D eigenvalue weighted by Crippen LogP contribution is 2.20. The quantitative estimate of drug-likeness (QED) is 0.909. The summed E-state index contributed by atoms with van der Waals surface area (Å²) in [6.45, 7) is 2.22. The lowest BCUT2D eigenvalue weighted by Gasteiger charge is -2.22. The van der Waals surface area contributed by atoms with Gasteiger partial charge in [0.1, 0.15) is 5.82 Å². The van der Waals surface area contributed by atoms with E-state index in [0.29, 0.717) is 12.5 Å². The fourth-order valence-electron chi connectivity index (χ4n) is 3.54. The van der Waals surface area contributed by atoms with E-state index in [1.807, 2.05) is 12.3 Å². The molecule has 1 saturated heterocycles. The van der Waals surface area contributed by atoms with Crippen LogP contribution in [0, 0.1) is 0 Å². The summed E-state index contributed by atoms with van der Waals surface area (Å²) < 4.78 is 0. The lowest BCUT2D eigenvalue weighted by molar-refractivity contribution is -0.121. The molecule has 4 nitrogen and oxygen atoms in total. The zero-order valence-electron chi connectivity index (χ0n) is 13.4. The largest absolute Gasteiger partial charge is 0.357 e. The number of carbonyl (C=O) groups excluding carboxylic acids is 1.